The van der Waals surface area contributed by atoms with E-state index >= 15 is 0 Å². The van der Waals surface area contributed by atoms with Crippen LogP contribution in [0.3, 0.4) is 0 Å². The molecule has 0 spiro atoms. The predicted molar refractivity (Wildman–Crippen MR) is 112 cm³/mol. The van der Waals surface area contributed by atoms with Crippen LogP contribution in [0, 0.1) is 0 Å². The van der Waals surface area contributed by atoms with Crippen LogP contribution in [0.1, 0.15) is 36.9 Å². The SMILES string of the molecule is COc1ccccc1-c1nnc(SC(C)C(=O)NC2CCCc3ccccc32)o1. The first-order valence-corrected chi connectivity index (χ1v) is 10.6. The predicted octanol–water partition coefficient (Wildman–Crippen LogP) is 4.42. The summed E-state index contributed by atoms with van der Waals surface area (Å²) in [4.78, 5) is 12.8. The Hall–Kier alpha value is -2.80. The van der Waals surface area contributed by atoms with Gasteiger partial charge in [-0.15, -0.1) is 10.2 Å². The van der Waals surface area contributed by atoms with Gasteiger partial charge in [-0.25, -0.2) is 0 Å². The molecule has 29 heavy (non-hydrogen) atoms. The minimum absolute atomic E-state index is 0.0336. The van der Waals surface area contributed by atoms with Gasteiger partial charge < -0.3 is 14.5 Å². The van der Waals surface area contributed by atoms with E-state index < -0.39 is 0 Å². The Morgan fingerprint density at radius 2 is 2.00 bits per heavy atom. The number of carbonyl (C=O) groups is 1. The zero-order chi connectivity index (χ0) is 20.2. The second kappa shape index (κ2) is 8.69. The van der Waals surface area contributed by atoms with E-state index in [1.165, 1.54) is 22.9 Å². The monoisotopic (exact) mass is 409 g/mol. The zero-order valence-electron chi connectivity index (χ0n) is 16.4. The summed E-state index contributed by atoms with van der Waals surface area (Å²) in [5, 5.41) is 11.4. The van der Waals surface area contributed by atoms with E-state index in [9.17, 15) is 4.79 Å². The van der Waals surface area contributed by atoms with E-state index in [1.807, 2.05) is 37.3 Å². The van der Waals surface area contributed by atoms with Crippen LogP contribution >= 0.6 is 11.8 Å². The van der Waals surface area contributed by atoms with Crippen molar-refractivity contribution in [1.82, 2.24) is 15.5 Å². The molecule has 2 aromatic carbocycles. The fourth-order valence-electron chi connectivity index (χ4n) is 3.59. The van der Waals surface area contributed by atoms with Crippen molar-refractivity contribution < 1.29 is 13.9 Å². The van der Waals surface area contributed by atoms with Gasteiger partial charge in [-0.3, -0.25) is 4.79 Å². The Balaban J connectivity index is 1.42. The first-order valence-electron chi connectivity index (χ1n) is 9.67. The molecule has 1 aliphatic rings. The Labute approximate surface area is 174 Å². The molecular formula is C22H23N3O3S. The van der Waals surface area contributed by atoms with Gasteiger partial charge in [-0.2, -0.15) is 0 Å². The van der Waals surface area contributed by atoms with Crippen LogP contribution < -0.4 is 10.1 Å². The number of para-hydroxylation sites is 1. The zero-order valence-corrected chi connectivity index (χ0v) is 17.2. The summed E-state index contributed by atoms with van der Waals surface area (Å²) < 4.78 is 11.1. The Kier molecular flexibility index (Phi) is 5.85. The van der Waals surface area contributed by atoms with Crippen molar-refractivity contribution >= 4 is 17.7 Å². The molecule has 6 nitrogen and oxygen atoms in total. The van der Waals surface area contributed by atoms with Crippen molar-refractivity contribution in [3.05, 3.63) is 59.7 Å². The van der Waals surface area contributed by atoms with Crippen LogP contribution in [0.4, 0.5) is 0 Å². The van der Waals surface area contributed by atoms with Gasteiger partial charge in [0.25, 0.3) is 11.1 Å². The lowest BCUT2D eigenvalue weighted by Gasteiger charge is -2.27. The quantitative estimate of drug-likeness (QED) is 0.607. The maximum atomic E-state index is 12.8. The summed E-state index contributed by atoms with van der Waals surface area (Å²) in [5.74, 6) is 1.00. The lowest BCUT2D eigenvalue weighted by molar-refractivity contribution is -0.121. The minimum atomic E-state index is -0.352. The maximum absolute atomic E-state index is 12.8. The first-order chi connectivity index (χ1) is 14.2. The molecule has 1 aliphatic carbocycles. The molecular weight excluding hydrogens is 386 g/mol. The number of nitrogens with one attached hydrogen (secondary N) is 1. The van der Waals surface area contributed by atoms with Crippen LogP contribution in [0.15, 0.2) is 58.2 Å². The van der Waals surface area contributed by atoms with Gasteiger partial charge in [0.15, 0.2) is 0 Å². The third-order valence-corrected chi connectivity index (χ3v) is 6.01. The lowest BCUT2D eigenvalue weighted by atomic mass is 9.88. The fourth-order valence-corrected chi connectivity index (χ4v) is 4.28. The Morgan fingerprint density at radius 3 is 2.86 bits per heavy atom. The molecule has 0 saturated carbocycles. The van der Waals surface area contributed by atoms with Gasteiger partial charge in [-0.05, 0) is 49.4 Å². The number of rotatable bonds is 6. The number of fused-ring (bicyclic) bond motifs is 1. The van der Waals surface area contributed by atoms with Crippen LogP contribution in [0.25, 0.3) is 11.5 Å². The summed E-state index contributed by atoms with van der Waals surface area (Å²) >= 11 is 1.26. The number of amides is 1. The average Bonchev–Trinajstić information content (AvgIpc) is 3.22. The summed E-state index contributed by atoms with van der Waals surface area (Å²) in [5.41, 5.74) is 3.27. The normalized spacial score (nSPS) is 16.7. The summed E-state index contributed by atoms with van der Waals surface area (Å²) in [6.45, 7) is 1.85. The van der Waals surface area contributed by atoms with E-state index in [-0.39, 0.29) is 17.2 Å². The van der Waals surface area contributed by atoms with Crippen LogP contribution in [0.2, 0.25) is 0 Å². The van der Waals surface area contributed by atoms with Crippen LogP contribution in [0.5, 0.6) is 5.75 Å². The second-order valence-electron chi connectivity index (χ2n) is 6.99. The fraction of sp³-hybridized carbons (Fsp3) is 0.318. The number of thioether (sulfide) groups is 1. The lowest BCUT2D eigenvalue weighted by Crippen LogP contribution is -2.35. The third kappa shape index (κ3) is 4.29. The molecule has 0 aliphatic heterocycles. The molecule has 1 aromatic heterocycles. The number of hydrogen-bond donors (Lipinski definition) is 1. The van der Waals surface area contributed by atoms with Crippen molar-refractivity contribution in [2.45, 2.75) is 42.7 Å². The van der Waals surface area contributed by atoms with Gasteiger partial charge in [0, 0.05) is 0 Å². The molecule has 1 amide bonds. The topological polar surface area (TPSA) is 77.2 Å². The maximum Gasteiger partial charge on any atom is 0.277 e. The average molecular weight is 410 g/mol. The minimum Gasteiger partial charge on any atom is -0.496 e. The van der Waals surface area contributed by atoms with Crippen molar-refractivity contribution in [2.75, 3.05) is 7.11 Å². The molecule has 3 aromatic rings. The number of carbonyl (C=O) groups excluding carboxylic acids is 1. The highest BCUT2D eigenvalue weighted by Crippen LogP contribution is 2.33. The van der Waals surface area contributed by atoms with E-state index in [1.54, 1.807) is 7.11 Å². The van der Waals surface area contributed by atoms with Crippen molar-refractivity contribution in [3.8, 4) is 17.2 Å². The van der Waals surface area contributed by atoms with Gasteiger partial charge in [0.2, 0.25) is 5.91 Å². The number of benzene rings is 2. The van der Waals surface area contributed by atoms with E-state index in [0.717, 1.165) is 24.8 Å². The van der Waals surface area contributed by atoms with Crippen molar-refractivity contribution in [1.29, 1.82) is 0 Å². The molecule has 1 heterocycles. The molecule has 2 atom stereocenters. The largest absolute Gasteiger partial charge is 0.496 e. The van der Waals surface area contributed by atoms with E-state index in [4.69, 9.17) is 9.15 Å². The van der Waals surface area contributed by atoms with Crippen LogP contribution in [-0.2, 0) is 11.2 Å². The number of ether oxygens (including phenoxy) is 1. The summed E-state index contributed by atoms with van der Waals surface area (Å²) in [6, 6.07) is 15.8. The third-order valence-electron chi connectivity index (χ3n) is 5.08. The molecule has 1 N–H and O–H groups in total. The number of aromatic nitrogens is 2. The molecule has 0 bridgehead atoms. The van der Waals surface area contributed by atoms with Crippen molar-refractivity contribution in [3.63, 3.8) is 0 Å². The van der Waals surface area contributed by atoms with Gasteiger partial charge >= 0.3 is 0 Å². The molecule has 0 radical (unpaired) electrons. The molecule has 0 fully saturated rings. The van der Waals surface area contributed by atoms with Crippen LogP contribution in [-0.4, -0.2) is 28.5 Å². The van der Waals surface area contributed by atoms with Gasteiger partial charge in [-0.1, -0.05) is 48.2 Å². The summed E-state index contributed by atoms with van der Waals surface area (Å²) in [6.07, 6.45) is 3.11. The first kappa shape index (κ1) is 19.5. The number of aryl methyl sites for hydroxylation is 1. The number of methoxy groups -OCH3 is 1. The Morgan fingerprint density at radius 1 is 1.21 bits per heavy atom. The van der Waals surface area contributed by atoms with Gasteiger partial charge in [0.05, 0.1) is 24.0 Å². The standard InChI is InChI=1S/C22H23N3O3S/c1-14(20(26)23-18-12-7-9-15-8-3-4-10-16(15)18)29-22-25-24-21(28-22)17-11-5-6-13-19(17)27-2/h3-6,8,10-11,13-14,18H,7,9,12H2,1-2H3,(H,23,26). The van der Waals surface area contributed by atoms with E-state index in [2.05, 4.69) is 33.7 Å². The van der Waals surface area contributed by atoms with Gasteiger partial charge in [0.1, 0.15) is 5.75 Å². The smallest absolute Gasteiger partial charge is 0.277 e. The molecule has 150 valence electrons. The highest BCUT2D eigenvalue weighted by Gasteiger charge is 2.25. The number of hydrogen-bond acceptors (Lipinski definition) is 6. The van der Waals surface area contributed by atoms with Crippen molar-refractivity contribution in [2.24, 2.45) is 0 Å². The summed E-state index contributed by atoms with van der Waals surface area (Å²) in [7, 11) is 1.60. The molecule has 4 rings (SSSR count). The second-order valence-corrected chi connectivity index (χ2v) is 8.28. The molecule has 7 heteroatoms. The van der Waals surface area contributed by atoms with E-state index in [0.29, 0.717) is 16.9 Å². The Bertz CT molecular complexity index is 1000. The highest BCUT2D eigenvalue weighted by atomic mass is 32.2. The molecule has 2 unspecified atom stereocenters. The highest BCUT2D eigenvalue weighted by molar-refractivity contribution is 8.00. The number of nitrogens with zero attached hydrogens (tertiary/aromatic N) is 2. The molecule has 0 saturated heterocycles.